The number of pyridine rings is 1. The van der Waals surface area contributed by atoms with Crippen LogP contribution in [0.3, 0.4) is 0 Å². The molecule has 1 nitrogen and oxygen atoms in total. The molecule has 1 rings (SSSR count). The van der Waals surface area contributed by atoms with Crippen LogP contribution in [0.15, 0.2) is 30.6 Å². The first-order chi connectivity index (χ1) is 9.43. The molecule has 1 aromatic heterocycles. The van der Waals surface area contributed by atoms with E-state index in [1.807, 2.05) is 18.5 Å². The summed E-state index contributed by atoms with van der Waals surface area (Å²) in [6, 6.07) is 4.08. The van der Waals surface area contributed by atoms with Gasteiger partial charge in [0.25, 0.3) is 0 Å². The minimum Gasteiger partial charge on any atom is -0.264 e. The van der Waals surface area contributed by atoms with Crippen LogP contribution in [0.2, 0.25) is 0 Å². The normalized spacial score (nSPS) is 11.2. The van der Waals surface area contributed by atoms with Crippen LogP contribution in [-0.2, 0) is 0 Å². The maximum absolute atomic E-state index is 4.10. The zero-order valence-corrected chi connectivity index (χ0v) is 12.5. The summed E-state index contributed by atoms with van der Waals surface area (Å²) in [4.78, 5) is 4.10. The van der Waals surface area contributed by atoms with Gasteiger partial charge in [0.15, 0.2) is 0 Å². The lowest BCUT2D eigenvalue weighted by atomic mass is 10.1. The molecule has 0 saturated carbocycles. The topological polar surface area (TPSA) is 12.9 Å². The fourth-order valence-electron chi connectivity index (χ4n) is 2.27. The number of allylic oxidation sites excluding steroid dienone is 1. The summed E-state index contributed by atoms with van der Waals surface area (Å²) >= 11 is 0. The van der Waals surface area contributed by atoms with Gasteiger partial charge < -0.3 is 0 Å². The van der Waals surface area contributed by atoms with E-state index in [2.05, 4.69) is 30.1 Å². The molecule has 0 N–H and O–H groups in total. The third-order valence-electron chi connectivity index (χ3n) is 3.47. The van der Waals surface area contributed by atoms with Crippen LogP contribution in [0, 0.1) is 0 Å². The number of unbranched alkanes of at least 4 members (excludes halogenated alkanes) is 9. The van der Waals surface area contributed by atoms with Crippen LogP contribution in [0.5, 0.6) is 0 Å². The SMILES string of the molecule is CCCCCCCCCCC/C=C/c1cccnc1. The molecular formula is C18H29N. The summed E-state index contributed by atoms with van der Waals surface area (Å²) in [6.07, 6.45) is 22.0. The van der Waals surface area contributed by atoms with E-state index in [1.54, 1.807) is 0 Å². The second-order valence-corrected chi connectivity index (χ2v) is 5.31. The van der Waals surface area contributed by atoms with Gasteiger partial charge in [-0.1, -0.05) is 76.5 Å². The Bertz CT molecular complexity index is 316. The largest absolute Gasteiger partial charge is 0.264 e. The van der Waals surface area contributed by atoms with E-state index in [0.29, 0.717) is 0 Å². The molecule has 1 aromatic rings. The molecule has 0 bridgehead atoms. The molecule has 0 amide bonds. The minimum atomic E-state index is 1.20. The third kappa shape index (κ3) is 9.47. The Morgan fingerprint density at radius 1 is 0.947 bits per heavy atom. The highest BCUT2D eigenvalue weighted by molar-refractivity contribution is 5.46. The number of nitrogens with zero attached hydrogens (tertiary/aromatic N) is 1. The average Bonchev–Trinajstić information content (AvgIpc) is 2.46. The summed E-state index contributed by atoms with van der Waals surface area (Å²) in [6.45, 7) is 2.28. The molecule has 0 unspecified atom stereocenters. The van der Waals surface area contributed by atoms with Gasteiger partial charge in [-0.3, -0.25) is 4.98 Å². The smallest absolute Gasteiger partial charge is 0.0340 e. The van der Waals surface area contributed by atoms with Crippen molar-refractivity contribution in [1.82, 2.24) is 4.98 Å². The van der Waals surface area contributed by atoms with Crippen molar-refractivity contribution in [2.75, 3.05) is 0 Å². The van der Waals surface area contributed by atoms with Gasteiger partial charge in [-0.05, 0) is 24.5 Å². The van der Waals surface area contributed by atoms with Crippen molar-refractivity contribution in [3.05, 3.63) is 36.2 Å². The van der Waals surface area contributed by atoms with E-state index in [1.165, 1.54) is 69.8 Å². The summed E-state index contributed by atoms with van der Waals surface area (Å²) < 4.78 is 0. The van der Waals surface area contributed by atoms with Crippen molar-refractivity contribution in [3.8, 4) is 0 Å². The first-order valence-electron chi connectivity index (χ1n) is 8.00. The lowest BCUT2D eigenvalue weighted by molar-refractivity contribution is 0.566. The molecule has 0 aliphatic carbocycles. The first kappa shape index (κ1) is 15.9. The number of aromatic nitrogens is 1. The van der Waals surface area contributed by atoms with Gasteiger partial charge in [-0.25, -0.2) is 0 Å². The predicted molar refractivity (Wildman–Crippen MR) is 85.1 cm³/mol. The Morgan fingerprint density at radius 2 is 1.63 bits per heavy atom. The monoisotopic (exact) mass is 259 g/mol. The second-order valence-electron chi connectivity index (χ2n) is 5.31. The summed E-state index contributed by atoms with van der Waals surface area (Å²) in [5, 5.41) is 0. The van der Waals surface area contributed by atoms with Gasteiger partial charge in [0, 0.05) is 12.4 Å². The molecule has 0 radical (unpaired) electrons. The number of rotatable bonds is 11. The van der Waals surface area contributed by atoms with Crippen molar-refractivity contribution in [3.63, 3.8) is 0 Å². The average molecular weight is 259 g/mol. The second kappa shape index (κ2) is 12.0. The number of hydrogen-bond acceptors (Lipinski definition) is 1. The van der Waals surface area contributed by atoms with Crippen molar-refractivity contribution < 1.29 is 0 Å². The Balaban J connectivity index is 1.87. The highest BCUT2D eigenvalue weighted by atomic mass is 14.6. The van der Waals surface area contributed by atoms with E-state index in [0.717, 1.165) is 0 Å². The zero-order chi connectivity index (χ0) is 13.6. The van der Waals surface area contributed by atoms with Crippen LogP contribution in [0.25, 0.3) is 6.08 Å². The molecule has 0 aromatic carbocycles. The van der Waals surface area contributed by atoms with Gasteiger partial charge in [0.05, 0.1) is 0 Å². The van der Waals surface area contributed by atoms with Crippen LogP contribution in [-0.4, -0.2) is 4.98 Å². The fraction of sp³-hybridized carbons (Fsp3) is 0.611. The van der Waals surface area contributed by atoms with Crippen molar-refractivity contribution in [2.24, 2.45) is 0 Å². The summed E-state index contributed by atoms with van der Waals surface area (Å²) in [5.41, 5.74) is 1.21. The van der Waals surface area contributed by atoms with E-state index >= 15 is 0 Å². The maximum Gasteiger partial charge on any atom is 0.0340 e. The molecule has 0 saturated heterocycles. The number of hydrogen-bond donors (Lipinski definition) is 0. The molecule has 0 aliphatic heterocycles. The molecule has 19 heavy (non-hydrogen) atoms. The van der Waals surface area contributed by atoms with Gasteiger partial charge in [-0.2, -0.15) is 0 Å². The minimum absolute atomic E-state index is 1.20. The van der Waals surface area contributed by atoms with Crippen molar-refractivity contribution >= 4 is 6.08 Å². The van der Waals surface area contributed by atoms with E-state index in [9.17, 15) is 0 Å². The Labute approximate surface area is 119 Å². The summed E-state index contributed by atoms with van der Waals surface area (Å²) in [5.74, 6) is 0. The quantitative estimate of drug-likeness (QED) is 0.443. The van der Waals surface area contributed by atoms with Gasteiger partial charge >= 0.3 is 0 Å². The van der Waals surface area contributed by atoms with Crippen molar-refractivity contribution in [2.45, 2.75) is 71.1 Å². The first-order valence-corrected chi connectivity index (χ1v) is 8.00. The highest BCUT2D eigenvalue weighted by Gasteiger charge is 1.91. The van der Waals surface area contributed by atoms with Gasteiger partial charge in [0.1, 0.15) is 0 Å². The van der Waals surface area contributed by atoms with Gasteiger partial charge in [-0.15, -0.1) is 0 Å². The van der Waals surface area contributed by atoms with Crippen LogP contribution >= 0.6 is 0 Å². The van der Waals surface area contributed by atoms with E-state index in [4.69, 9.17) is 0 Å². The van der Waals surface area contributed by atoms with Crippen LogP contribution in [0.4, 0.5) is 0 Å². The lowest BCUT2D eigenvalue weighted by Gasteiger charge is -2.00. The molecular weight excluding hydrogens is 230 g/mol. The molecule has 0 fully saturated rings. The van der Waals surface area contributed by atoms with Crippen LogP contribution in [0.1, 0.15) is 76.7 Å². The van der Waals surface area contributed by atoms with Crippen LogP contribution < -0.4 is 0 Å². The maximum atomic E-state index is 4.10. The fourth-order valence-corrected chi connectivity index (χ4v) is 2.27. The molecule has 1 heteroatoms. The summed E-state index contributed by atoms with van der Waals surface area (Å²) in [7, 11) is 0. The Kier molecular flexibility index (Phi) is 10.0. The van der Waals surface area contributed by atoms with E-state index in [-0.39, 0.29) is 0 Å². The highest BCUT2D eigenvalue weighted by Crippen LogP contribution is 2.11. The molecule has 0 spiro atoms. The van der Waals surface area contributed by atoms with Crippen molar-refractivity contribution in [1.29, 1.82) is 0 Å². The van der Waals surface area contributed by atoms with E-state index < -0.39 is 0 Å². The molecule has 1 heterocycles. The van der Waals surface area contributed by atoms with Gasteiger partial charge in [0.2, 0.25) is 0 Å². The lowest BCUT2D eigenvalue weighted by Crippen LogP contribution is -1.80. The molecule has 106 valence electrons. The standard InChI is InChI=1S/C18H29N/c1-2-3-4-5-6-7-8-9-10-11-12-14-18-15-13-16-19-17-18/h12-17H,2-11H2,1H3/b14-12+. The Hall–Kier alpha value is -1.11. The third-order valence-corrected chi connectivity index (χ3v) is 3.47. The Morgan fingerprint density at radius 3 is 2.26 bits per heavy atom. The predicted octanol–water partition coefficient (Wildman–Crippen LogP) is 6.02. The molecule has 0 aliphatic rings. The zero-order valence-electron chi connectivity index (χ0n) is 12.5. The molecule has 0 atom stereocenters.